The number of carbonyl (C=O) groups excluding carboxylic acids is 3. The molecule has 1 unspecified atom stereocenters. The summed E-state index contributed by atoms with van der Waals surface area (Å²) in [6, 6.07) is 20.7. The topological polar surface area (TPSA) is 97.0 Å². The van der Waals surface area contributed by atoms with Gasteiger partial charge in [-0.05, 0) is 55.5 Å². The SMILES string of the molecule is COc1cccc(C(=O)Nc2ccc3c(c2)N(CC(=O)Nc2ccccc2)C(=O)C(C)O3)c1. The van der Waals surface area contributed by atoms with E-state index in [-0.39, 0.29) is 24.3 Å². The molecule has 3 aromatic carbocycles. The maximum atomic E-state index is 12.8. The first-order valence-electron chi connectivity index (χ1n) is 10.4. The second kappa shape index (κ2) is 9.44. The van der Waals surface area contributed by atoms with E-state index in [4.69, 9.17) is 9.47 Å². The highest BCUT2D eigenvalue weighted by Gasteiger charge is 2.33. The molecule has 4 rings (SSSR count). The molecule has 33 heavy (non-hydrogen) atoms. The number of rotatable bonds is 6. The van der Waals surface area contributed by atoms with Crippen molar-refractivity contribution in [3.63, 3.8) is 0 Å². The Morgan fingerprint density at radius 1 is 0.970 bits per heavy atom. The Morgan fingerprint density at radius 2 is 1.76 bits per heavy atom. The van der Waals surface area contributed by atoms with Crippen LogP contribution >= 0.6 is 0 Å². The third-order valence-corrected chi connectivity index (χ3v) is 5.12. The number of benzene rings is 3. The van der Waals surface area contributed by atoms with Crippen LogP contribution in [-0.4, -0.2) is 37.5 Å². The van der Waals surface area contributed by atoms with Crippen molar-refractivity contribution in [1.82, 2.24) is 0 Å². The maximum Gasteiger partial charge on any atom is 0.268 e. The van der Waals surface area contributed by atoms with Gasteiger partial charge < -0.3 is 20.1 Å². The lowest BCUT2D eigenvalue weighted by molar-refractivity contribution is -0.127. The molecule has 1 atom stereocenters. The minimum absolute atomic E-state index is 0.193. The number of carbonyl (C=O) groups is 3. The number of hydrogen-bond acceptors (Lipinski definition) is 5. The number of fused-ring (bicyclic) bond motifs is 1. The second-order valence-corrected chi connectivity index (χ2v) is 7.47. The molecule has 2 N–H and O–H groups in total. The van der Waals surface area contributed by atoms with Gasteiger partial charge in [0.25, 0.3) is 11.8 Å². The quantitative estimate of drug-likeness (QED) is 0.603. The van der Waals surface area contributed by atoms with Gasteiger partial charge in [-0.3, -0.25) is 19.3 Å². The Bertz CT molecular complexity index is 1200. The van der Waals surface area contributed by atoms with Crippen LogP contribution in [0.25, 0.3) is 0 Å². The highest BCUT2D eigenvalue weighted by molar-refractivity contribution is 6.08. The first-order chi connectivity index (χ1) is 15.9. The van der Waals surface area contributed by atoms with Gasteiger partial charge in [0.2, 0.25) is 5.91 Å². The Balaban J connectivity index is 1.55. The fraction of sp³-hybridized carbons (Fsp3) is 0.160. The molecule has 0 aromatic heterocycles. The van der Waals surface area contributed by atoms with Gasteiger partial charge in [0.1, 0.15) is 18.0 Å². The van der Waals surface area contributed by atoms with E-state index in [0.29, 0.717) is 34.1 Å². The van der Waals surface area contributed by atoms with Gasteiger partial charge >= 0.3 is 0 Å². The summed E-state index contributed by atoms with van der Waals surface area (Å²) >= 11 is 0. The van der Waals surface area contributed by atoms with E-state index in [1.807, 2.05) is 18.2 Å². The minimum atomic E-state index is -0.737. The standard InChI is InChI=1S/C25H23N3O5/c1-16-25(31)28(15-23(29)26-18-8-4-3-5-9-18)21-14-19(11-12-22(21)33-16)27-24(30)17-7-6-10-20(13-17)32-2/h3-14,16H,15H2,1-2H3,(H,26,29)(H,27,30). The van der Waals surface area contributed by atoms with Crippen LogP contribution in [0.3, 0.4) is 0 Å². The predicted molar refractivity (Wildman–Crippen MR) is 125 cm³/mol. The van der Waals surface area contributed by atoms with Crippen molar-refractivity contribution in [2.75, 3.05) is 29.2 Å². The Hall–Kier alpha value is -4.33. The lowest BCUT2D eigenvalue weighted by Gasteiger charge is -2.33. The zero-order valence-electron chi connectivity index (χ0n) is 18.2. The molecule has 0 fully saturated rings. The fourth-order valence-electron chi connectivity index (χ4n) is 3.48. The normalized spacial score (nSPS) is 14.7. The Labute approximate surface area is 191 Å². The molecule has 1 aliphatic rings. The van der Waals surface area contributed by atoms with Crippen molar-refractivity contribution in [1.29, 1.82) is 0 Å². The van der Waals surface area contributed by atoms with Crippen LogP contribution in [0, 0.1) is 0 Å². The number of hydrogen-bond donors (Lipinski definition) is 2. The molecule has 1 aliphatic heterocycles. The first-order valence-corrected chi connectivity index (χ1v) is 10.4. The largest absolute Gasteiger partial charge is 0.497 e. The Morgan fingerprint density at radius 3 is 2.52 bits per heavy atom. The molecule has 168 valence electrons. The number of nitrogens with zero attached hydrogens (tertiary/aromatic N) is 1. The minimum Gasteiger partial charge on any atom is -0.497 e. The lowest BCUT2D eigenvalue weighted by Crippen LogP contribution is -2.47. The van der Waals surface area contributed by atoms with Crippen LogP contribution in [-0.2, 0) is 9.59 Å². The highest BCUT2D eigenvalue weighted by atomic mass is 16.5. The van der Waals surface area contributed by atoms with E-state index >= 15 is 0 Å². The third-order valence-electron chi connectivity index (χ3n) is 5.12. The smallest absolute Gasteiger partial charge is 0.268 e. The van der Waals surface area contributed by atoms with E-state index in [1.54, 1.807) is 61.5 Å². The summed E-state index contributed by atoms with van der Waals surface area (Å²) in [7, 11) is 1.53. The summed E-state index contributed by atoms with van der Waals surface area (Å²) in [6.07, 6.45) is -0.737. The van der Waals surface area contributed by atoms with Gasteiger partial charge in [0.15, 0.2) is 6.10 Å². The number of methoxy groups -OCH3 is 1. The van der Waals surface area contributed by atoms with E-state index in [9.17, 15) is 14.4 Å². The van der Waals surface area contributed by atoms with Crippen molar-refractivity contribution < 1.29 is 23.9 Å². The molecule has 0 aliphatic carbocycles. The number of amides is 3. The number of anilines is 3. The summed E-state index contributed by atoms with van der Waals surface area (Å²) in [5, 5.41) is 5.59. The molecule has 0 saturated carbocycles. The van der Waals surface area contributed by atoms with Gasteiger partial charge in [-0.1, -0.05) is 24.3 Å². The van der Waals surface area contributed by atoms with Gasteiger partial charge in [-0.15, -0.1) is 0 Å². The van der Waals surface area contributed by atoms with Crippen molar-refractivity contribution >= 4 is 34.8 Å². The second-order valence-electron chi connectivity index (χ2n) is 7.47. The summed E-state index contributed by atoms with van der Waals surface area (Å²) in [5.41, 5.74) is 1.92. The van der Waals surface area contributed by atoms with Gasteiger partial charge in [-0.2, -0.15) is 0 Å². The molecule has 0 radical (unpaired) electrons. The number of ether oxygens (including phenoxy) is 2. The maximum absolute atomic E-state index is 12.8. The zero-order valence-corrected chi connectivity index (χ0v) is 18.2. The van der Waals surface area contributed by atoms with Crippen molar-refractivity contribution in [3.8, 4) is 11.5 Å². The highest BCUT2D eigenvalue weighted by Crippen LogP contribution is 2.36. The van der Waals surface area contributed by atoms with Gasteiger partial charge in [0, 0.05) is 16.9 Å². The number of para-hydroxylation sites is 1. The summed E-state index contributed by atoms with van der Waals surface area (Å²) in [4.78, 5) is 39.5. The van der Waals surface area contributed by atoms with Crippen molar-refractivity contribution in [2.45, 2.75) is 13.0 Å². The number of nitrogens with one attached hydrogen (secondary N) is 2. The molecule has 3 amide bonds. The molecule has 8 heteroatoms. The monoisotopic (exact) mass is 445 g/mol. The summed E-state index contributed by atoms with van der Waals surface area (Å²) < 4.78 is 10.9. The molecule has 0 bridgehead atoms. The fourth-order valence-corrected chi connectivity index (χ4v) is 3.48. The van der Waals surface area contributed by atoms with Crippen LogP contribution in [0.4, 0.5) is 17.1 Å². The molecule has 0 saturated heterocycles. The van der Waals surface area contributed by atoms with Crippen LogP contribution in [0.15, 0.2) is 72.8 Å². The van der Waals surface area contributed by atoms with Crippen LogP contribution in [0.2, 0.25) is 0 Å². The first kappa shape index (κ1) is 21.9. The molecular weight excluding hydrogens is 422 g/mol. The van der Waals surface area contributed by atoms with E-state index in [0.717, 1.165) is 0 Å². The molecular formula is C25H23N3O5. The predicted octanol–water partition coefficient (Wildman–Crippen LogP) is 3.70. The lowest BCUT2D eigenvalue weighted by atomic mass is 10.1. The average Bonchev–Trinajstić information content (AvgIpc) is 2.83. The summed E-state index contributed by atoms with van der Waals surface area (Å²) in [6.45, 7) is 1.44. The van der Waals surface area contributed by atoms with Crippen LogP contribution < -0.4 is 25.0 Å². The van der Waals surface area contributed by atoms with Crippen molar-refractivity contribution in [3.05, 3.63) is 78.4 Å². The van der Waals surface area contributed by atoms with E-state index < -0.39 is 6.10 Å². The molecule has 3 aromatic rings. The summed E-state index contributed by atoms with van der Waals surface area (Å²) in [5.74, 6) is -0.00767. The molecule has 1 heterocycles. The van der Waals surface area contributed by atoms with E-state index in [2.05, 4.69) is 10.6 Å². The zero-order chi connectivity index (χ0) is 23.4. The molecule has 0 spiro atoms. The van der Waals surface area contributed by atoms with Crippen LogP contribution in [0.1, 0.15) is 17.3 Å². The van der Waals surface area contributed by atoms with E-state index in [1.165, 1.54) is 12.0 Å². The van der Waals surface area contributed by atoms with Crippen LogP contribution in [0.5, 0.6) is 11.5 Å². The average molecular weight is 445 g/mol. The third kappa shape index (κ3) is 4.95. The van der Waals surface area contributed by atoms with Crippen molar-refractivity contribution in [2.24, 2.45) is 0 Å². The molecule has 8 nitrogen and oxygen atoms in total. The Kier molecular flexibility index (Phi) is 6.26. The van der Waals surface area contributed by atoms with Gasteiger partial charge in [-0.25, -0.2) is 0 Å². The van der Waals surface area contributed by atoms with Gasteiger partial charge in [0.05, 0.1) is 12.8 Å².